The number of hydrogen-bond acceptors (Lipinski definition) is 4. The van der Waals surface area contributed by atoms with Gasteiger partial charge in [0.15, 0.2) is 0 Å². The second-order valence-corrected chi connectivity index (χ2v) is 18.5. The molecule has 8 heteroatoms. The maximum absolute atomic E-state index is 13.0. The zero-order chi connectivity index (χ0) is 28.2. The Morgan fingerprint density at radius 1 is 0.925 bits per heavy atom. The molecule has 0 aliphatic carbocycles. The van der Waals surface area contributed by atoms with Gasteiger partial charge < -0.3 is 0 Å². The van der Waals surface area contributed by atoms with E-state index in [1.807, 2.05) is 6.07 Å². The molecule has 0 radical (unpaired) electrons. The van der Waals surface area contributed by atoms with Gasteiger partial charge in [0, 0.05) is 0 Å². The minimum absolute atomic E-state index is 0.0679. The van der Waals surface area contributed by atoms with E-state index in [0.29, 0.717) is 17.0 Å². The Bertz CT molecular complexity index is 1450. The molecular formula is C32H35N3O3SeSi. The Hall–Kier alpha value is -3.29. The predicted octanol–water partition coefficient (Wildman–Crippen LogP) is 4.86. The van der Waals surface area contributed by atoms with Crippen molar-refractivity contribution in [2.24, 2.45) is 0 Å². The Morgan fingerprint density at radius 3 is 2.05 bits per heavy atom. The molecule has 2 atom stereocenters. The van der Waals surface area contributed by atoms with Crippen molar-refractivity contribution in [2.45, 2.75) is 48.4 Å². The summed E-state index contributed by atoms with van der Waals surface area (Å²) in [6.07, 6.45) is 3.71. The van der Waals surface area contributed by atoms with Crippen LogP contribution in [0.3, 0.4) is 0 Å². The van der Waals surface area contributed by atoms with E-state index in [1.165, 1.54) is 10.4 Å². The molecule has 1 fully saturated rings. The Morgan fingerprint density at radius 2 is 1.50 bits per heavy atom. The summed E-state index contributed by atoms with van der Waals surface area (Å²) in [5.41, 5.74) is 0.197. The van der Waals surface area contributed by atoms with Gasteiger partial charge in [0.05, 0.1) is 0 Å². The van der Waals surface area contributed by atoms with Gasteiger partial charge in [-0.25, -0.2) is 0 Å². The molecule has 1 saturated heterocycles. The average Bonchev–Trinajstić information content (AvgIpc) is 3.43. The van der Waals surface area contributed by atoms with Crippen LogP contribution in [0.4, 0.5) is 5.82 Å². The summed E-state index contributed by atoms with van der Waals surface area (Å²) < 4.78 is 8.91. The average molecular weight is 617 g/mol. The summed E-state index contributed by atoms with van der Waals surface area (Å²) >= 11 is 0.172. The van der Waals surface area contributed by atoms with E-state index in [4.69, 9.17) is 4.43 Å². The van der Waals surface area contributed by atoms with E-state index in [9.17, 15) is 9.59 Å². The molecule has 0 unspecified atom stereocenters. The van der Waals surface area contributed by atoms with E-state index < -0.39 is 8.32 Å². The molecule has 5 rings (SSSR count). The number of amides is 1. The van der Waals surface area contributed by atoms with Crippen LogP contribution in [-0.2, 0) is 4.43 Å². The van der Waals surface area contributed by atoms with E-state index in [-0.39, 0.29) is 42.4 Å². The number of carbonyl (C=O) groups excluding carboxylic acids is 1. The van der Waals surface area contributed by atoms with Crippen LogP contribution in [0.1, 0.15) is 48.9 Å². The molecule has 6 nitrogen and oxygen atoms in total. The summed E-state index contributed by atoms with van der Waals surface area (Å²) in [6, 6.07) is 32.1. The van der Waals surface area contributed by atoms with Gasteiger partial charge in [-0.1, -0.05) is 0 Å². The molecule has 1 aliphatic heterocycles. The molecule has 40 heavy (non-hydrogen) atoms. The fourth-order valence-electron chi connectivity index (χ4n) is 5.47. The topological polar surface area (TPSA) is 73.2 Å². The first-order valence-corrected chi connectivity index (χ1v) is 17.5. The second-order valence-electron chi connectivity index (χ2n) is 11.1. The number of nitrogens with zero attached hydrogens (tertiary/aromatic N) is 2. The zero-order valence-electron chi connectivity index (χ0n) is 23.1. The van der Waals surface area contributed by atoms with E-state index in [2.05, 4.69) is 91.7 Å². The third-order valence-electron chi connectivity index (χ3n) is 7.41. The predicted molar refractivity (Wildman–Crippen MR) is 164 cm³/mol. The van der Waals surface area contributed by atoms with Gasteiger partial charge in [0.2, 0.25) is 0 Å². The fourth-order valence-corrected chi connectivity index (χ4v) is 13.3. The summed E-state index contributed by atoms with van der Waals surface area (Å²) in [7, 11) is -2.59. The summed E-state index contributed by atoms with van der Waals surface area (Å²) in [6.45, 7) is 7.57. The number of nitrogens with one attached hydrogen (secondary N) is 1. The number of rotatable bonds is 8. The molecule has 3 aromatic carbocycles. The van der Waals surface area contributed by atoms with E-state index in [0.717, 1.165) is 12.8 Å². The monoisotopic (exact) mass is 617 g/mol. The Balaban J connectivity index is 1.31. The van der Waals surface area contributed by atoms with Crippen molar-refractivity contribution in [3.63, 3.8) is 0 Å². The third kappa shape index (κ3) is 5.91. The summed E-state index contributed by atoms with van der Waals surface area (Å²) in [5, 5.41) is 5.23. The van der Waals surface area contributed by atoms with Crippen molar-refractivity contribution in [1.82, 2.24) is 9.55 Å². The first-order valence-electron chi connectivity index (χ1n) is 13.6. The van der Waals surface area contributed by atoms with Crippen LogP contribution in [0, 0.1) is 0 Å². The van der Waals surface area contributed by atoms with Crippen molar-refractivity contribution in [3.05, 3.63) is 119 Å². The van der Waals surface area contributed by atoms with Crippen LogP contribution in [-0.4, -0.2) is 45.3 Å². The van der Waals surface area contributed by atoms with Crippen molar-refractivity contribution in [2.75, 3.05) is 11.9 Å². The van der Waals surface area contributed by atoms with Crippen molar-refractivity contribution in [3.8, 4) is 0 Å². The van der Waals surface area contributed by atoms with Crippen LogP contribution in [0.15, 0.2) is 108 Å². The van der Waals surface area contributed by atoms with Crippen molar-refractivity contribution >= 4 is 45.4 Å². The normalized spacial score (nSPS) is 17.5. The molecule has 1 N–H and O–H groups in total. The SMILES string of the molecule is CC(C)(C)[Si](OC[C@H]1CC[C@@H](n2ccc(NC(=O)c3ccccc3)nc2=O)[Se]1)(c1ccccc1)c1ccccc1. The zero-order valence-corrected chi connectivity index (χ0v) is 25.8. The van der Waals surface area contributed by atoms with Crippen molar-refractivity contribution in [1.29, 1.82) is 0 Å². The van der Waals surface area contributed by atoms with Crippen molar-refractivity contribution < 1.29 is 9.22 Å². The van der Waals surface area contributed by atoms with Crippen LogP contribution in [0.25, 0.3) is 0 Å². The van der Waals surface area contributed by atoms with Gasteiger partial charge in [-0.05, 0) is 0 Å². The summed E-state index contributed by atoms with van der Waals surface area (Å²) in [5.74, 6) is -0.0111. The molecule has 0 saturated carbocycles. The molecule has 4 aromatic rings. The molecule has 0 spiro atoms. The number of carbonyl (C=O) groups is 1. The number of anilines is 1. The van der Waals surface area contributed by atoms with Gasteiger partial charge in [-0.2, -0.15) is 0 Å². The van der Waals surface area contributed by atoms with Crippen LogP contribution in [0.5, 0.6) is 0 Å². The van der Waals surface area contributed by atoms with Gasteiger partial charge in [-0.15, -0.1) is 0 Å². The summed E-state index contributed by atoms with van der Waals surface area (Å²) in [4.78, 5) is 30.1. The van der Waals surface area contributed by atoms with Crippen LogP contribution < -0.4 is 21.4 Å². The second kappa shape index (κ2) is 12.1. The fraction of sp³-hybridized carbons (Fsp3) is 0.281. The third-order valence-corrected chi connectivity index (χ3v) is 15.6. The first-order chi connectivity index (χ1) is 19.3. The quantitative estimate of drug-likeness (QED) is 0.287. The minimum atomic E-state index is -2.59. The molecule has 1 amide bonds. The number of benzene rings is 3. The van der Waals surface area contributed by atoms with Crippen LogP contribution >= 0.6 is 0 Å². The Labute approximate surface area is 243 Å². The van der Waals surface area contributed by atoms with E-state index >= 15 is 0 Å². The van der Waals surface area contributed by atoms with Gasteiger partial charge in [0.25, 0.3) is 0 Å². The van der Waals surface area contributed by atoms with E-state index in [1.54, 1.807) is 41.1 Å². The molecular weight excluding hydrogens is 581 g/mol. The maximum atomic E-state index is 13.0. The number of hydrogen-bond donors (Lipinski definition) is 1. The van der Waals surface area contributed by atoms with Crippen LogP contribution in [0.2, 0.25) is 9.85 Å². The molecule has 206 valence electrons. The Kier molecular flexibility index (Phi) is 8.52. The standard InChI is InChI=1S/C32H35N3O3SeSi/c1-32(2,3)40(26-15-9-5-10-16-26,27-17-11-6-12-18-27)38-23-25-19-20-29(39-25)35-22-21-28(34-31(35)37)33-30(36)24-13-7-4-8-14-24/h4-18,21-22,25,29H,19-20,23H2,1-3H3,(H,33,34,36,37)/t25-,29+/m1/s1. The molecule has 1 aromatic heterocycles. The first kappa shape index (κ1) is 28.2. The number of aromatic nitrogens is 2. The molecule has 1 aliphatic rings. The molecule has 2 heterocycles. The van der Waals surface area contributed by atoms with Gasteiger partial charge in [-0.3, -0.25) is 0 Å². The van der Waals surface area contributed by atoms with Gasteiger partial charge >= 0.3 is 244 Å². The van der Waals surface area contributed by atoms with Gasteiger partial charge in [0.1, 0.15) is 0 Å². The molecule has 0 bridgehead atoms.